The molecule has 0 aromatic heterocycles. The summed E-state index contributed by atoms with van der Waals surface area (Å²) < 4.78 is -1.26. The maximum absolute atomic E-state index is 9.75. The third-order valence-electron chi connectivity index (χ3n) is 6.23. The van der Waals surface area contributed by atoms with Gasteiger partial charge in [-0.25, -0.2) is 0 Å². The van der Waals surface area contributed by atoms with Crippen LogP contribution in [0.1, 0.15) is 0 Å². The molecule has 226 valence electrons. The Bertz CT molecular complexity index is 1390. The van der Waals surface area contributed by atoms with Crippen LogP contribution in [0.3, 0.4) is 0 Å². The van der Waals surface area contributed by atoms with E-state index < -0.39 is 40.6 Å². The minimum Gasteiger partial charge on any atom is -0.0622 e. The molecule has 6 rings (SSSR count). The van der Waals surface area contributed by atoms with Crippen LogP contribution in [0.25, 0.3) is 0 Å². The van der Waals surface area contributed by atoms with Crippen LogP contribution < -0.4 is 31.8 Å². The van der Waals surface area contributed by atoms with E-state index >= 15 is 0 Å². The van der Waals surface area contributed by atoms with Crippen molar-refractivity contribution >= 4 is 78.5 Å². The SMILES string of the molecule is O=[C](Cl)[Ru][C](=O)Cl.c1ccc(P(c2ccccc2)c2ccccc2)cc1.c1ccc(P(c2ccccc2)c2ccccc2)cc1. The van der Waals surface area contributed by atoms with Gasteiger partial charge in [-0.1, -0.05) is 182 Å². The van der Waals surface area contributed by atoms with Gasteiger partial charge in [-0.15, -0.1) is 0 Å². The summed E-state index contributed by atoms with van der Waals surface area (Å²) in [6.07, 6.45) is 0. The van der Waals surface area contributed by atoms with Gasteiger partial charge in [0, 0.05) is 0 Å². The van der Waals surface area contributed by atoms with E-state index in [2.05, 4.69) is 182 Å². The molecular formula is C38H30Cl2O2P2Ru. The van der Waals surface area contributed by atoms with Gasteiger partial charge in [0.2, 0.25) is 0 Å². The summed E-state index contributed by atoms with van der Waals surface area (Å²) >= 11 is 8.45. The molecule has 6 aromatic carbocycles. The van der Waals surface area contributed by atoms with Crippen molar-refractivity contribution in [3.63, 3.8) is 0 Å². The predicted octanol–water partition coefficient (Wildman–Crippen LogP) is 8.68. The fraction of sp³-hybridized carbons (Fsp3) is 0. The molecule has 0 saturated heterocycles. The van der Waals surface area contributed by atoms with Gasteiger partial charge in [-0.05, 0) is 47.7 Å². The first-order valence-corrected chi connectivity index (χ1v) is 19.1. The molecule has 0 heterocycles. The van der Waals surface area contributed by atoms with E-state index in [0.717, 1.165) is 0 Å². The Morgan fingerprint density at radius 2 is 0.489 bits per heavy atom. The number of hydrogen-bond acceptors (Lipinski definition) is 2. The number of halogens is 2. The molecule has 0 aliphatic rings. The summed E-state index contributed by atoms with van der Waals surface area (Å²) in [6, 6.07) is 64.7. The fourth-order valence-corrected chi connectivity index (χ4v) is 10.2. The number of benzene rings is 6. The molecular weight excluding hydrogens is 722 g/mol. The third-order valence-corrected chi connectivity index (χ3v) is 12.6. The molecule has 6 aromatic rings. The Morgan fingerprint density at radius 1 is 0.333 bits per heavy atom. The molecule has 0 unspecified atom stereocenters. The molecule has 0 amide bonds. The third kappa shape index (κ3) is 11.5. The fourth-order valence-electron chi connectivity index (χ4n) is 4.41. The number of rotatable bonds is 8. The normalized spacial score (nSPS) is 10.3. The first-order chi connectivity index (χ1) is 22.0. The van der Waals surface area contributed by atoms with Gasteiger partial charge in [-0.3, -0.25) is 0 Å². The second-order valence-electron chi connectivity index (χ2n) is 9.20. The largest absolute Gasteiger partial charge is 0.0622 e. The van der Waals surface area contributed by atoms with E-state index in [4.69, 9.17) is 23.2 Å². The van der Waals surface area contributed by atoms with Crippen molar-refractivity contribution in [3.8, 4) is 0 Å². The molecule has 0 spiro atoms. The summed E-state index contributed by atoms with van der Waals surface area (Å²) in [5, 5.41) is 8.39. The van der Waals surface area contributed by atoms with Crippen LogP contribution in [-0.4, -0.2) is 7.67 Å². The molecule has 0 aliphatic heterocycles. The van der Waals surface area contributed by atoms with Gasteiger partial charge in [0.05, 0.1) is 0 Å². The van der Waals surface area contributed by atoms with Crippen molar-refractivity contribution in [1.29, 1.82) is 0 Å². The van der Waals surface area contributed by atoms with E-state index in [-0.39, 0.29) is 0 Å². The topological polar surface area (TPSA) is 34.1 Å². The number of carbonyl (C=O) groups is 2. The first-order valence-electron chi connectivity index (χ1n) is 13.9. The maximum atomic E-state index is 9.75. The molecule has 7 heteroatoms. The van der Waals surface area contributed by atoms with Crippen LogP contribution >= 0.6 is 39.0 Å². The van der Waals surface area contributed by atoms with Crippen molar-refractivity contribution in [2.24, 2.45) is 0 Å². The van der Waals surface area contributed by atoms with Gasteiger partial charge >= 0.3 is 57.6 Å². The van der Waals surface area contributed by atoms with E-state index in [1.165, 1.54) is 31.8 Å². The molecule has 0 aliphatic carbocycles. The van der Waals surface area contributed by atoms with Crippen LogP contribution in [0.2, 0.25) is 0 Å². The van der Waals surface area contributed by atoms with Crippen molar-refractivity contribution in [1.82, 2.24) is 0 Å². The zero-order valence-corrected chi connectivity index (χ0v) is 29.2. The van der Waals surface area contributed by atoms with E-state index in [1.807, 2.05) is 0 Å². The monoisotopic (exact) mass is 752 g/mol. The van der Waals surface area contributed by atoms with Crippen molar-refractivity contribution < 1.29 is 26.7 Å². The summed E-state index contributed by atoms with van der Waals surface area (Å²) in [7, 11) is -0.892. The Labute approximate surface area is 285 Å². The standard InChI is InChI=1S/2C18H15P.2CClO.Ru/c2*1-4-10-16(11-5-1)19(17-12-6-2-7-13-17)18-14-8-3-9-15-18;2*2-1-3;/h2*1-15H;;;. The quantitative estimate of drug-likeness (QED) is 0.0887. The molecule has 0 atom stereocenters. The molecule has 45 heavy (non-hydrogen) atoms. The molecule has 0 N–H and O–H groups in total. The van der Waals surface area contributed by atoms with Gasteiger partial charge in [0.15, 0.2) is 0 Å². The second-order valence-corrected chi connectivity index (χ2v) is 17.3. The molecule has 0 radical (unpaired) electrons. The van der Waals surface area contributed by atoms with Crippen molar-refractivity contribution in [2.75, 3.05) is 0 Å². The number of carbonyl (C=O) groups excluding carboxylic acids is 2. The maximum Gasteiger partial charge on any atom is -0.0134 e. The van der Waals surface area contributed by atoms with Crippen LogP contribution in [0, 0.1) is 0 Å². The summed E-state index contributed by atoms with van der Waals surface area (Å²) in [5.41, 5.74) is 0. The summed E-state index contributed by atoms with van der Waals surface area (Å²) in [6.45, 7) is 0. The average Bonchev–Trinajstić information content (AvgIpc) is 3.08. The van der Waals surface area contributed by atoms with Crippen LogP contribution in [0.5, 0.6) is 0 Å². The van der Waals surface area contributed by atoms with Crippen LogP contribution in [0.15, 0.2) is 182 Å². The number of hydrogen-bond donors (Lipinski definition) is 0. The minimum atomic E-state index is -1.09. The van der Waals surface area contributed by atoms with Gasteiger partial charge in [0.25, 0.3) is 0 Å². The van der Waals surface area contributed by atoms with Gasteiger partial charge < -0.3 is 0 Å². The van der Waals surface area contributed by atoms with Crippen LogP contribution in [-0.2, 0) is 17.1 Å². The first kappa shape index (κ1) is 34.6. The van der Waals surface area contributed by atoms with Gasteiger partial charge in [0.1, 0.15) is 0 Å². The zero-order valence-electron chi connectivity index (χ0n) is 24.1. The van der Waals surface area contributed by atoms with Gasteiger partial charge in [-0.2, -0.15) is 0 Å². The smallest absolute Gasteiger partial charge is 0.0134 e. The minimum absolute atomic E-state index is 0.446. The Kier molecular flexibility index (Phi) is 14.8. The Morgan fingerprint density at radius 3 is 0.600 bits per heavy atom. The Hall–Kier alpha value is -3.28. The van der Waals surface area contributed by atoms with Crippen LogP contribution in [0.4, 0.5) is 9.59 Å². The van der Waals surface area contributed by atoms with Crippen molar-refractivity contribution in [2.45, 2.75) is 0 Å². The predicted molar refractivity (Wildman–Crippen MR) is 193 cm³/mol. The molecule has 0 bridgehead atoms. The average molecular weight is 753 g/mol. The van der Waals surface area contributed by atoms with E-state index in [1.54, 1.807) is 0 Å². The zero-order chi connectivity index (χ0) is 31.7. The molecule has 0 fully saturated rings. The van der Waals surface area contributed by atoms with Crippen molar-refractivity contribution in [3.05, 3.63) is 182 Å². The summed E-state index contributed by atoms with van der Waals surface area (Å²) in [4.78, 5) is 19.5. The van der Waals surface area contributed by atoms with E-state index in [9.17, 15) is 9.59 Å². The van der Waals surface area contributed by atoms with E-state index in [0.29, 0.717) is 0 Å². The molecule has 2 nitrogen and oxygen atoms in total. The summed E-state index contributed by atoms with van der Waals surface area (Å²) in [5.74, 6) is 0. The Balaban J connectivity index is 0.000000170. The molecule has 0 saturated carbocycles. The second kappa shape index (κ2) is 19.3.